The minimum atomic E-state index is -0.757. The lowest BCUT2D eigenvalue weighted by molar-refractivity contribution is -0.141. The predicted octanol–water partition coefficient (Wildman–Crippen LogP) is 2.83. The minimum Gasteiger partial charge on any atom is -0.496 e. The summed E-state index contributed by atoms with van der Waals surface area (Å²) >= 11 is 0. The monoisotopic (exact) mass is 251 g/mol. The average Bonchev–Trinajstić information content (AvgIpc) is 2.29. The van der Waals surface area contributed by atoms with E-state index in [1.807, 2.05) is 32.9 Å². The molecular formula is C14H21NO3. The molecule has 0 aliphatic carbocycles. The molecule has 18 heavy (non-hydrogen) atoms. The van der Waals surface area contributed by atoms with Crippen LogP contribution in [0.2, 0.25) is 0 Å². The highest BCUT2D eigenvalue weighted by Crippen LogP contribution is 2.26. The molecule has 1 unspecified atom stereocenters. The fraction of sp³-hybridized carbons (Fsp3) is 0.500. The molecular weight excluding hydrogens is 230 g/mol. The van der Waals surface area contributed by atoms with E-state index >= 15 is 0 Å². The molecule has 4 heteroatoms. The highest BCUT2D eigenvalue weighted by Gasteiger charge is 2.14. The Morgan fingerprint density at radius 1 is 1.39 bits per heavy atom. The largest absolute Gasteiger partial charge is 0.496 e. The Labute approximate surface area is 108 Å². The summed E-state index contributed by atoms with van der Waals surface area (Å²) in [6, 6.07) is 3.95. The first-order valence-corrected chi connectivity index (χ1v) is 6.11. The van der Waals surface area contributed by atoms with Crippen LogP contribution in [-0.4, -0.2) is 24.7 Å². The van der Waals surface area contributed by atoms with Crippen LogP contribution in [0.5, 0.6) is 5.75 Å². The molecule has 0 saturated heterocycles. The third-order valence-corrected chi connectivity index (χ3v) is 3.06. The molecule has 0 aliphatic heterocycles. The van der Waals surface area contributed by atoms with Crippen molar-refractivity contribution in [3.63, 3.8) is 0 Å². The molecule has 0 bridgehead atoms. The lowest BCUT2D eigenvalue weighted by Gasteiger charge is -2.15. The van der Waals surface area contributed by atoms with Crippen LogP contribution in [0.3, 0.4) is 0 Å². The fourth-order valence-electron chi connectivity index (χ4n) is 2.02. The maximum absolute atomic E-state index is 10.9. The molecule has 1 aromatic carbocycles. The van der Waals surface area contributed by atoms with Crippen molar-refractivity contribution >= 4 is 11.7 Å². The first-order chi connectivity index (χ1) is 8.49. The maximum atomic E-state index is 10.9. The molecule has 0 fully saturated rings. The summed E-state index contributed by atoms with van der Waals surface area (Å²) < 4.78 is 5.29. The number of hydrogen-bond donors (Lipinski definition) is 2. The SMILES string of the molecule is CCC(CNc1cc(C)c(OC)c(C)c1)C(=O)O. The molecule has 0 heterocycles. The van der Waals surface area contributed by atoms with E-state index in [9.17, 15) is 4.79 Å². The molecule has 1 rings (SSSR count). The summed E-state index contributed by atoms with van der Waals surface area (Å²) in [6.07, 6.45) is 0.621. The van der Waals surface area contributed by atoms with Crippen LogP contribution in [0.1, 0.15) is 24.5 Å². The summed E-state index contributed by atoms with van der Waals surface area (Å²) in [7, 11) is 1.65. The van der Waals surface area contributed by atoms with Gasteiger partial charge in [0.15, 0.2) is 0 Å². The number of ether oxygens (including phenoxy) is 1. The molecule has 2 N–H and O–H groups in total. The van der Waals surface area contributed by atoms with Gasteiger partial charge in [0.1, 0.15) is 5.75 Å². The van der Waals surface area contributed by atoms with Gasteiger partial charge >= 0.3 is 5.97 Å². The number of aryl methyl sites for hydroxylation is 2. The zero-order chi connectivity index (χ0) is 13.7. The van der Waals surface area contributed by atoms with Gasteiger partial charge in [-0.3, -0.25) is 4.79 Å². The maximum Gasteiger partial charge on any atom is 0.308 e. The second kappa shape index (κ2) is 6.28. The Morgan fingerprint density at radius 2 is 1.94 bits per heavy atom. The van der Waals surface area contributed by atoms with Crippen LogP contribution >= 0.6 is 0 Å². The Balaban J connectivity index is 2.77. The van der Waals surface area contributed by atoms with Gasteiger partial charge < -0.3 is 15.2 Å². The number of hydrogen-bond acceptors (Lipinski definition) is 3. The van der Waals surface area contributed by atoms with Crippen molar-refractivity contribution in [2.24, 2.45) is 5.92 Å². The van der Waals surface area contributed by atoms with Crippen LogP contribution in [0.4, 0.5) is 5.69 Å². The topological polar surface area (TPSA) is 58.6 Å². The normalized spacial score (nSPS) is 12.0. The van der Waals surface area contributed by atoms with Gasteiger partial charge in [-0.1, -0.05) is 6.92 Å². The summed E-state index contributed by atoms with van der Waals surface area (Å²) in [5.74, 6) is -0.231. The van der Waals surface area contributed by atoms with Crippen molar-refractivity contribution in [3.8, 4) is 5.75 Å². The predicted molar refractivity (Wildman–Crippen MR) is 72.4 cm³/mol. The van der Waals surface area contributed by atoms with Gasteiger partial charge in [0.2, 0.25) is 0 Å². The summed E-state index contributed by atoms with van der Waals surface area (Å²) in [5.41, 5.74) is 3.03. The smallest absolute Gasteiger partial charge is 0.308 e. The molecule has 1 aromatic rings. The van der Waals surface area contributed by atoms with E-state index in [1.54, 1.807) is 7.11 Å². The summed E-state index contributed by atoms with van der Waals surface area (Å²) in [5, 5.41) is 12.2. The molecule has 0 saturated carbocycles. The van der Waals surface area contributed by atoms with Gasteiger partial charge in [-0.05, 0) is 43.5 Å². The van der Waals surface area contributed by atoms with E-state index in [0.717, 1.165) is 22.6 Å². The van der Waals surface area contributed by atoms with Gasteiger partial charge in [-0.15, -0.1) is 0 Å². The second-order valence-electron chi connectivity index (χ2n) is 4.47. The highest BCUT2D eigenvalue weighted by atomic mass is 16.5. The third-order valence-electron chi connectivity index (χ3n) is 3.06. The molecule has 0 aromatic heterocycles. The number of anilines is 1. The highest BCUT2D eigenvalue weighted by molar-refractivity contribution is 5.70. The molecule has 0 radical (unpaired) electrons. The van der Waals surface area contributed by atoms with Crippen molar-refractivity contribution in [1.82, 2.24) is 0 Å². The zero-order valence-corrected chi connectivity index (χ0v) is 11.4. The van der Waals surface area contributed by atoms with E-state index < -0.39 is 5.97 Å². The Kier molecular flexibility index (Phi) is 5.01. The van der Waals surface area contributed by atoms with Crippen LogP contribution in [0.25, 0.3) is 0 Å². The van der Waals surface area contributed by atoms with Crippen molar-refractivity contribution in [3.05, 3.63) is 23.3 Å². The molecule has 4 nitrogen and oxygen atoms in total. The van der Waals surface area contributed by atoms with Crippen molar-refractivity contribution in [1.29, 1.82) is 0 Å². The van der Waals surface area contributed by atoms with Crippen LogP contribution in [0, 0.1) is 19.8 Å². The van der Waals surface area contributed by atoms with Gasteiger partial charge in [-0.2, -0.15) is 0 Å². The molecule has 0 amide bonds. The number of methoxy groups -OCH3 is 1. The lowest BCUT2D eigenvalue weighted by atomic mass is 10.1. The van der Waals surface area contributed by atoms with E-state index in [2.05, 4.69) is 5.32 Å². The Morgan fingerprint density at radius 3 is 2.33 bits per heavy atom. The average molecular weight is 251 g/mol. The Hall–Kier alpha value is -1.71. The van der Waals surface area contributed by atoms with E-state index in [0.29, 0.717) is 13.0 Å². The van der Waals surface area contributed by atoms with E-state index in [4.69, 9.17) is 9.84 Å². The molecule has 0 aliphatic rings. The molecule has 100 valence electrons. The van der Waals surface area contributed by atoms with Crippen molar-refractivity contribution in [2.45, 2.75) is 27.2 Å². The second-order valence-corrected chi connectivity index (χ2v) is 4.47. The van der Waals surface area contributed by atoms with Gasteiger partial charge in [0.25, 0.3) is 0 Å². The lowest BCUT2D eigenvalue weighted by Crippen LogP contribution is -2.22. The van der Waals surface area contributed by atoms with Crippen molar-refractivity contribution < 1.29 is 14.6 Å². The van der Waals surface area contributed by atoms with Crippen LogP contribution in [-0.2, 0) is 4.79 Å². The minimum absolute atomic E-state index is 0.354. The fourth-order valence-corrected chi connectivity index (χ4v) is 2.02. The molecule has 1 atom stereocenters. The van der Waals surface area contributed by atoms with Crippen molar-refractivity contribution in [2.75, 3.05) is 19.0 Å². The number of carboxylic acid groups (broad SMARTS) is 1. The van der Waals surface area contributed by atoms with E-state index in [1.165, 1.54) is 0 Å². The number of nitrogens with one attached hydrogen (secondary N) is 1. The van der Waals surface area contributed by atoms with Gasteiger partial charge in [-0.25, -0.2) is 0 Å². The third kappa shape index (κ3) is 3.39. The number of carbonyl (C=O) groups is 1. The standard InChI is InChI=1S/C14H21NO3/c1-5-11(14(16)17)8-15-12-6-9(2)13(18-4)10(3)7-12/h6-7,11,15H,5,8H2,1-4H3,(H,16,17). The number of rotatable bonds is 6. The van der Waals surface area contributed by atoms with Crippen LogP contribution < -0.4 is 10.1 Å². The van der Waals surface area contributed by atoms with E-state index in [-0.39, 0.29) is 5.92 Å². The van der Waals surface area contributed by atoms with Gasteiger partial charge in [0, 0.05) is 12.2 Å². The first kappa shape index (κ1) is 14.4. The molecule has 0 spiro atoms. The summed E-state index contributed by atoms with van der Waals surface area (Å²) in [6.45, 7) is 6.28. The first-order valence-electron chi connectivity index (χ1n) is 6.11. The number of benzene rings is 1. The Bertz CT molecular complexity index is 406. The quantitative estimate of drug-likeness (QED) is 0.816. The van der Waals surface area contributed by atoms with Crippen LogP contribution in [0.15, 0.2) is 12.1 Å². The zero-order valence-electron chi connectivity index (χ0n) is 11.4. The van der Waals surface area contributed by atoms with Gasteiger partial charge in [0.05, 0.1) is 13.0 Å². The number of aliphatic carboxylic acids is 1. The number of carboxylic acids is 1. The summed E-state index contributed by atoms with van der Waals surface area (Å²) in [4.78, 5) is 10.9.